The van der Waals surface area contributed by atoms with E-state index < -0.39 is 10.0 Å². The highest BCUT2D eigenvalue weighted by atomic mass is 32.2. The molecule has 0 N–H and O–H groups in total. The van der Waals surface area contributed by atoms with Crippen molar-refractivity contribution in [2.75, 3.05) is 39.3 Å². The molecule has 178 valence electrons. The highest BCUT2D eigenvalue weighted by Gasteiger charge is 2.32. The molecular weight excluding hydrogens is 466 g/mol. The molecule has 2 aliphatic heterocycles. The second-order valence-electron chi connectivity index (χ2n) is 8.75. The standard InChI is InChI=1S/C26H29N3O3S2/c30-25(27-16-18-29(19-17-27)34(31,32)22-9-5-2-6-10-22)12-15-28-14-11-24-23(13-20-33-24)26(28)21-7-3-1-4-8-21/h1-10,13,20,26H,11-12,14-19H2. The summed E-state index contributed by atoms with van der Waals surface area (Å²) in [5.74, 6) is 0.0969. The van der Waals surface area contributed by atoms with E-state index in [1.807, 2.05) is 22.3 Å². The molecule has 0 aliphatic carbocycles. The fourth-order valence-corrected chi connectivity index (χ4v) is 7.30. The van der Waals surface area contributed by atoms with E-state index in [4.69, 9.17) is 0 Å². The van der Waals surface area contributed by atoms with Crippen LogP contribution < -0.4 is 0 Å². The Hall–Kier alpha value is -2.52. The second-order valence-corrected chi connectivity index (χ2v) is 11.7. The Morgan fingerprint density at radius 1 is 0.882 bits per heavy atom. The average molecular weight is 496 g/mol. The van der Waals surface area contributed by atoms with Crippen LogP contribution in [0, 0.1) is 0 Å². The van der Waals surface area contributed by atoms with E-state index in [0.29, 0.717) is 44.0 Å². The third-order valence-corrected chi connectivity index (χ3v) is 9.68. The van der Waals surface area contributed by atoms with E-state index in [1.165, 1.54) is 20.3 Å². The topological polar surface area (TPSA) is 60.9 Å². The zero-order chi connectivity index (χ0) is 23.5. The highest BCUT2D eigenvalue weighted by molar-refractivity contribution is 7.89. The van der Waals surface area contributed by atoms with Gasteiger partial charge in [-0.25, -0.2) is 8.42 Å². The Balaban J connectivity index is 1.20. The van der Waals surface area contributed by atoms with Crippen molar-refractivity contribution in [2.24, 2.45) is 0 Å². The molecule has 3 heterocycles. The molecule has 2 aromatic carbocycles. The lowest BCUT2D eigenvalue weighted by Gasteiger charge is -2.37. The lowest BCUT2D eigenvalue weighted by molar-refractivity contribution is -0.132. The van der Waals surface area contributed by atoms with Gasteiger partial charge in [0.05, 0.1) is 10.9 Å². The number of sulfonamides is 1. The molecule has 0 radical (unpaired) electrons. The van der Waals surface area contributed by atoms with Crippen molar-refractivity contribution in [3.8, 4) is 0 Å². The van der Waals surface area contributed by atoms with Gasteiger partial charge in [-0.2, -0.15) is 4.31 Å². The maximum atomic E-state index is 13.0. The van der Waals surface area contributed by atoms with Crippen molar-refractivity contribution in [1.29, 1.82) is 0 Å². The number of nitrogens with zero attached hydrogens (tertiary/aromatic N) is 3. The Kier molecular flexibility index (Phi) is 6.83. The zero-order valence-corrected chi connectivity index (χ0v) is 20.7. The molecule has 0 bridgehead atoms. The van der Waals surface area contributed by atoms with Crippen LogP contribution >= 0.6 is 11.3 Å². The number of hydrogen-bond acceptors (Lipinski definition) is 5. The summed E-state index contributed by atoms with van der Waals surface area (Å²) in [4.78, 5) is 19.0. The SMILES string of the molecule is O=C(CCN1CCc2sccc2C1c1ccccc1)N1CCN(S(=O)(=O)c2ccccc2)CC1. The van der Waals surface area contributed by atoms with Gasteiger partial charge in [0.15, 0.2) is 0 Å². The predicted octanol–water partition coefficient (Wildman–Crippen LogP) is 3.62. The first-order valence-corrected chi connectivity index (χ1v) is 14.0. The number of piperazine rings is 1. The third-order valence-electron chi connectivity index (χ3n) is 6.77. The first-order valence-electron chi connectivity index (χ1n) is 11.7. The summed E-state index contributed by atoms with van der Waals surface area (Å²) in [6, 6.07) is 21.4. The van der Waals surface area contributed by atoms with Gasteiger partial charge in [-0.1, -0.05) is 48.5 Å². The van der Waals surface area contributed by atoms with E-state index in [2.05, 4.69) is 40.6 Å². The van der Waals surface area contributed by atoms with Crippen molar-refractivity contribution in [2.45, 2.75) is 23.8 Å². The van der Waals surface area contributed by atoms with Crippen molar-refractivity contribution in [3.05, 3.63) is 88.1 Å². The van der Waals surface area contributed by atoms with Crippen LogP contribution in [0.25, 0.3) is 0 Å². The quantitative estimate of drug-likeness (QED) is 0.524. The van der Waals surface area contributed by atoms with Gasteiger partial charge in [0.2, 0.25) is 15.9 Å². The molecule has 0 saturated carbocycles. The molecular formula is C26H29N3O3S2. The van der Waals surface area contributed by atoms with Crippen LogP contribution in [0.3, 0.4) is 0 Å². The Labute approximate surface area is 205 Å². The van der Waals surface area contributed by atoms with Gasteiger partial charge in [0.25, 0.3) is 0 Å². The second kappa shape index (κ2) is 10.00. The summed E-state index contributed by atoms with van der Waals surface area (Å²) in [6.45, 7) is 3.15. The normalized spacial score (nSPS) is 19.6. The van der Waals surface area contributed by atoms with E-state index in [9.17, 15) is 13.2 Å². The first-order chi connectivity index (χ1) is 16.5. The minimum atomic E-state index is -3.51. The lowest BCUT2D eigenvalue weighted by Crippen LogP contribution is -2.51. The van der Waals surface area contributed by atoms with Crippen LogP contribution in [0.2, 0.25) is 0 Å². The number of thiophene rings is 1. The molecule has 1 atom stereocenters. The summed E-state index contributed by atoms with van der Waals surface area (Å²) in [5, 5.41) is 2.16. The van der Waals surface area contributed by atoms with Crippen LogP contribution in [0.4, 0.5) is 0 Å². The fourth-order valence-electron chi connectivity index (χ4n) is 4.95. The van der Waals surface area contributed by atoms with Crippen LogP contribution in [0.15, 0.2) is 77.0 Å². The third kappa shape index (κ3) is 4.68. The molecule has 1 saturated heterocycles. The number of benzene rings is 2. The van der Waals surface area contributed by atoms with Gasteiger partial charge in [0.1, 0.15) is 0 Å². The largest absolute Gasteiger partial charge is 0.340 e. The molecule has 5 rings (SSSR count). The minimum absolute atomic E-state index is 0.0969. The van der Waals surface area contributed by atoms with Gasteiger partial charge in [0, 0.05) is 50.6 Å². The number of hydrogen-bond donors (Lipinski definition) is 0. The molecule has 0 spiro atoms. The van der Waals surface area contributed by atoms with E-state index in [0.717, 1.165) is 13.0 Å². The highest BCUT2D eigenvalue weighted by Crippen LogP contribution is 2.37. The van der Waals surface area contributed by atoms with E-state index >= 15 is 0 Å². The van der Waals surface area contributed by atoms with Gasteiger partial charge < -0.3 is 4.90 Å². The van der Waals surface area contributed by atoms with Gasteiger partial charge in [-0.05, 0) is 41.1 Å². The molecule has 2 aliphatic rings. The molecule has 34 heavy (non-hydrogen) atoms. The summed E-state index contributed by atoms with van der Waals surface area (Å²) in [6.07, 6.45) is 1.45. The maximum absolute atomic E-state index is 13.0. The zero-order valence-electron chi connectivity index (χ0n) is 19.0. The molecule has 1 amide bonds. The van der Waals surface area contributed by atoms with E-state index in [-0.39, 0.29) is 11.9 Å². The molecule has 1 unspecified atom stereocenters. The monoisotopic (exact) mass is 495 g/mol. The van der Waals surface area contributed by atoms with E-state index in [1.54, 1.807) is 30.3 Å². The number of carbonyl (C=O) groups excluding carboxylic acids is 1. The Morgan fingerprint density at radius 3 is 2.26 bits per heavy atom. The van der Waals surface area contributed by atoms with Crippen molar-refractivity contribution >= 4 is 27.3 Å². The maximum Gasteiger partial charge on any atom is 0.243 e. The summed E-state index contributed by atoms with van der Waals surface area (Å²) in [5.41, 5.74) is 2.61. The van der Waals surface area contributed by atoms with Crippen molar-refractivity contribution in [3.63, 3.8) is 0 Å². The molecule has 8 heteroatoms. The van der Waals surface area contributed by atoms with Crippen LogP contribution in [-0.4, -0.2) is 67.7 Å². The lowest BCUT2D eigenvalue weighted by atomic mass is 9.93. The Bertz CT molecular complexity index is 1220. The number of carbonyl (C=O) groups is 1. The Morgan fingerprint density at radius 2 is 1.56 bits per heavy atom. The van der Waals surface area contributed by atoms with Crippen molar-refractivity contribution in [1.82, 2.24) is 14.1 Å². The van der Waals surface area contributed by atoms with Gasteiger partial charge in [-0.3, -0.25) is 9.69 Å². The van der Waals surface area contributed by atoms with Gasteiger partial charge in [-0.15, -0.1) is 11.3 Å². The van der Waals surface area contributed by atoms with Crippen molar-refractivity contribution < 1.29 is 13.2 Å². The molecule has 6 nitrogen and oxygen atoms in total. The number of rotatable bonds is 6. The number of fused-ring (bicyclic) bond motifs is 1. The summed E-state index contributed by atoms with van der Waals surface area (Å²) >= 11 is 1.82. The predicted molar refractivity (Wildman–Crippen MR) is 134 cm³/mol. The van der Waals surface area contributed by atoms with Crippen LogP contribution in [0.1, 0.15) is 28.5 Å². The summed E-state index contributed by atoms with van der Waals surface area (Å²) < 4.78 is 27.2. The average Bonchev–Trinajstić information content (AvgIpc) is 3.37. The molecule has 1 fully saturated rings. The van der Waals surface area contributed by atoms with Crippen LogP contribution in [-0.2, 0) is 21.2 Å². The van der Waals surface area contributed by atoms with Gasteiger partial charge >= 0.3 is 0 Å². The van der Waals surface area contributed by atoms with Crippen LogP contribution in [0.5, 0.6) is 0 Å². The smallest absolute Gasteiger partial charge is 0.243 e. The number of amides is 1. The molecule has 1 aromatic heterocycles. The minimum Gasteiger partial charge on any atom is -0.340 e. The first kappa shape index (κ1) is 23.2. The fraction of sp³-hybridized carbons (Fsp3) is 0.346. The molecule has 3 aromatic rings. The summed E-state index contributed by atoms with van der Waals surface area (Å²) in [7, 11) is -3.51.